The number of aromatic nitrogens is 2. The largest absolute Gasteiger partial charge is 0.497 e. The summed E-state index contributed by atoms with van der Waals surface area (Å²) in [6.07, 6.45) is 3.61. The first-order chi connectivity index (χ1) is 13.9. The van der Waals surface area contributed by atoms with Crippen LogP contribution in [0.3, 0.4) is 0 Å². The zero-order chi connectivity index (χ0) is 20.8. The minimum Gasteiger partial charge on any atom is -0.497 e. The third-order valence-electron chi connectivity index (χ3n) is 4.15. The van der Waals surface area contributed by atoms with Crippen molar-refractivity contribution in [2.24, 2.45) is 0 Å². The summed E-state index contributed by atoms with van der Waals surface area (Å²) in [4.78, 5) is 21.5. The minimum absolute atomic E-state index is 0.121. The summed E-state index contributed by atoms with van der Waals surface area (Å²) in [6.45, 7) is 3.90. The second-order valence-corrected chi connectivity index (χ2v) is 6.79. The number of hydrogen-bond donors (Lipinski definition) is 1. The number of ether oxygens (including phenoxy) is 1. The van der Waals surface area contributed by atoms with Gasteiger partial charge in [-0.05, 0) is 61.9 Å². The van der Waals surface area contributed by atoms with Crippen molar-refractivity contribution in [2.45, 2.75) is 20.3 Å². The molecule has 6 heteroatoms. The first-order valence-electron chi connectivity index (χ1n) is 9.15. The van der Waals surface area contributed by atoms with E-state index in [-0.39, 0.29) is 18.1 Å². The number of hydrogen-bond acceptors (Lipinski definition) is 4. The standard InChI is InChI=1S/C23H22FN3O2/c1-15(2)12-20-23(27-22(28)13-16-4-8-18(24)9-5-16)25-14-21(26-20)17-6-10-19(29-3)11-7-17/h4-12,14H,13H2,1-3H3,(H,25,27,28). The lowest BCUT2D eigenvalue weighted by molar-refractivity contribution is -0.115. The number of benzene rings is 2. The number of amides is 1. The Morgan fingerprint density at radius 2 is 1.79 bits per heavy atom. The average Bonchev–Trinajstić information content (AvgIpc) is 2.71. The molecule has 1 N–H and O–H groups in total. The molecule has 1 amide bonds. The zero-order valence-corrected chi connectivity index (χ0v) is 16.6. The van der Waals surface area contributed by atoms with Gasteiger partial charge in [0.25, 0.3) is 0 Å². The highest BCUT2D eigenvalue weighted by molar-refractivity contribution is 5.93. The fourth-order valence-corrected chi connectivity index (χ4v) is 2.74. The second kappa shape index (κ2) is 9.10. The molecule has 0 aliphatic carbocycles. The molecular weight excluding hydrogens is 369 g/mol. The lowest BCUT2D eigenvalue weighted by Crippen LogP contribution is -2.16. The van der Waals surface area contributed by atoms with Gasteiger partial charge in [-0.1, -0.05) is 17.7 Å². The van der Waals surface area contributed by atoms with E-state index >= 15 is 0 Å². The summed E-state index contributed by atoms with van der Waals surface area (Å²) in [7, 11) is 1.62. The van der Waals surface area contributed by atoms with E-state index in [9.17, 15) is 9.18 Å². The number of carbonyl (C=O) groups excluding carboxylic acids is 1. The fourth-order valence-electron chi connectivity index (χ4n) is 2.74. The average molecular weight is 391 g/mol. The van der Waals surface area contributed by atoms with Crippen molar-refractivity contribution >= 4 is 17.8 Å². The van der Waals surface area contributed by atoms with Crippen LogP contribution in [0.25, 0.3) is 17.3 Å². The molecule has 0 aliphatic rings. The third-order valence-corrected chi connectivity index (χ3v) is 4.15. The van der Waals surface area contributed by atoms with Gasteiger partial charge in [-0.3, -0.25) is 4.79 Å². The molecule has 0 spiro atoms. The molecule has 3 aromatic rings. The van der Waals surface area contributed by atoms with Gasteiger partial charge >= 0.3 is 0 Å². The topological polar surface area (TPSA) is 64.1 Å². The maximum atomic E-state index is 13.0. The molecule has 1 aromatic heterocycles. The number of methoxy groups -OCH3 is 1. The van der Waals surface area contributed by atoms with E-state index in [1.165, 1.54) is 12.1 Å². The maximum Gasteiger partial charge on any atom is 0.230 e. The summed E-state index contributed by atoms with van der Waals surface area (Å²) in [6, 6.07) is 13.4. The van der Waals surface area contributed by atoms with E-state index in [0.29, 0.717) is 17.2 Å². The highest BCUT2D eigenvalue weighted by Crippen LogP contribution is 2.23. The molecule has 0 atom stereocenters. The molecule has 0 bridgehead atoms. The summed E-state index contributed by atoms with van der Waals surface area (Å²) in [5, 5.41) is 2.81. The van der Waals surface area contributed by atoms with Crippen LogP contribution in [0.2, 0.25) is 0 Å². The number of rotatable bonds is 6. The Labute approximate surface area is 169 Å². The highest BCUT2D eigenvalue weighted by atomic mass is 19.1. The molecule has 0 radical (unpaired) electrons. The summed E-state index contributed by atoms with van der Waals surface area (Å²) < 4.78 is 18.2. The number of allylic oxidation sites excluding steroid dienone is 1. The Hall–Kier alpha value is -3.54. The van der Waals surface area contributed by atoms with Gasteiger partial charge < -0.3 is 10.1 Å². The molecule has 1 heterocycles. The fraction of sp³-hybridized carbons (Fsp3) is 0.174. The van der Waals surface area contributed by atoms with Gasteiger partial charge in [-0.2, -0.15) is 0 Å². The summed E-state index contributed by atoms with van der Waals surface area (Å²) >= 11 is 0. The minimum atomic E-state index is -0.333. The van der Waals surface area contributed by atoms with Crippen molar-refractivity contribution in [3.8, 4) is 17.0 Å². The first kappa shape index (κ1) is 20.2. The van der Waals surface area contributed by atoms with Crippen LogP contribution < -0.4 is 10.1 Å². The Morgan fingerprint density at radius 3 is 2.41 bits per heavy atom. The molecule has 0 unspecified atom stereocenters. The predicted molar refractivity (Wildman–Crippen MR) is 112 cm³/mol. The van der Waals surface area contributed by atoms with E-state index < -0.39 is 0 Å². The smallest absolute Gasteiger partial charge is 0.230 e. The number of nitrogens with zero attached hydrogens (tertiary/aromatic N) is 2. The van der Waals surface area contributed by atoms with Crippen LogP contribution in [0.1, 0.15) is 25.1 Å². The molecular formula is C23H22FN3O2. The quantitative estimate of drug-likeness (QED) is 0.649. The first-order valence-corrected chi connectivity index (χ1v) is 9.15. The third kappa shape index (κ3) is 5.48. The molecule has 0 saturated carbocycles. The summed E-state index contributed by atoms with van der Waals surface area (Å²) in [5.41, 5.74) is 3.91. The van der Waals surface area contributed by atoms with E-state index in [1.807, 2.05) is 44.2 Å². The van der Waals surface area contributed by atoms with Gasteiger partial charge in [0.15, 0.2) is 5.82 Å². The van der Waals surface area contributed by atoms with Crippen molar-refractivity contribution in [3.05, 3.63) is 77.4 Å². The monoisotopic (exact) mass is 391 g/mol. The molecule has 0 fully saturated rings. The number of anilines is 1. The Balaban J connectivity index is 1.84. The Bertz CT molecular complexity index is 1020. The van der Waals surface area contributed by atoms with E-state index in [4.69, 9.17) is 4.74 Å². The molecule has 3 rings (SSSR count). The number of halogens is 1. The van der Waals surface area contributed by atoms with Crippen molar-refractivity contribution in [1.29, 1.82) is 0 Å². The lowest BCUT2D eigenvalue weighted by Gasteiger charge is -2.10. The van der Waals surface area contributed by atoms with Crippen LogP contribution in [-0.2, 0) is 11.2 Å². The predicted octanol–water partition coefficient (Wildman–Crippen LogP) is 4.90. The van der Waals surface area contributed by atoms with Gasteiger partial charge in [-0.25, -0.2) is 14.4 Å². The molecule has 0 saturated heterocycles. The lowest BCUT2D eigenvalue weighted by atomic mass is 10.1. The van der Waals surface area contributed by atoms with Crippen molar-refractivity contribution < 1.29 is 13.9 Å². The van der Waals surface area contributed by atoms with E-state index in [0.717, 1.165) is 22.4 Å². The highest BCUT2D eigenvalue weighted by Gasteiger charge is 2.12. The van der Waals surface area contributed by atoms with Crippen molar-refractivity contribution in [2.75, 3.05) is 12.4 Å². The van der Waals surface area contributed by atoms with Gasteiger partial charge in [0.2, 0.25) is 5.91 Å². The zero-order valence-electron chi connectivity index (χ0n) is 16.6. The maximum absolute atomic E-state index is 13.0. The normalized spacial score (nSPS) is 10.3. The summed E-state index contributed by atoms with van der Waals surface area (Å²) in [5.74, 6) is 0.568. The van der Waals surface area contributed by atoms with Crippen LogP contribution in [0.4, 0.5) is 10.2 Å². The van der Waals surface area contributed by atoms with Gasteiger partial charge in [-0.15, -0.1) is 0 Å². The second-order valence-electron chi connectivity index (χ2n) is 6.79. The molecule has 0 aliphatic heterocycles. The van der Waals surface area contributed by atoms with E-state index in [1.54, 1.807) is 25.4 Å². The van der Waals surface area contributed by atoms with Gasteiger partial charge in [0.05, 0.1) is 25.4 Å². The van der Waals surface area contributed by atoms with Crippen LogP contribution in [0.15, 0.2) is 60.3 Å². The molecule has 29 heavy (non-hydrogen) atoms. The Morgan fingerprint density at radius 1 is 1.10 bits per heavy atom. The SMILES string of the molecule is COc1ccc(-c2cnc(NC(=O)Cc3ccc(F)cc3)c(C=C(C)C)n2)cc1. The van der Waals surface area contributed by atoms with Crippen LogP contribution in [0.5, 0.6) is 5.75 Å². The molecule has 148 valence electrons. The number of carbonyl (C=O) groups is 1. The van der Waals surface area contributed by atoms with Gasteiger partial charge in [0, 0.05) is 5.56 Å². The van der Waals surface area contributed by atoms with Crippen molar-refractivity contribution in [3.63, 3.8) is 0 Å². The molecule has 2 aromatic carbocycles. The van der Waals surface area contributed by atoms with Crippen LogP contribution in [0, 0.1) is 5.82 Å². The van der Waals surface area contributed by atoms with Crippen molar-refractivity contribution in [1.82, 2.24) is 9.97 Å². The number of nitrogens with one attached hydrogen (secondary N) is 1. The van der Waals surface area contributed by atoms with Gasteiger partial charge in [0.1, 0.15) is 17.3 Å². The Kier molecular flexibility index (Phi) is 6.34. The van der Waals surface area contributed by atoms with Crippen LogP contribution in [-0.4, -0.2) is 23.0 Å². The molecule has 5 nitrogen and oxygen atoms in total. The van der Waals surface area contributed by atoms with E-state index in [2.05, 4.69) is 15.3 Å². The van der Waals surface area contributed by atoms with Crippen LogP contribution >= 0.6 is 0 Å².